The molecule has 0 radical (unpaired) electrons. The van der Waals surface area contributed by atoms with E-state index < -0.39 is 26.9 Å². The van der Waals surface area contributed by atoms with Crippen LogP contribution in [0.3, 0.4) is 0 Å². The molecule has 0 N–H and O–H groups in total. The number of sulfone groups is 1. The number of allylic oxidation sites excluding steroid dienone is 1. The quantitative estimate of drug-likeness (QED) is 0.326. The number of aromatic nitrogens is 6. The molecular weight excluding hydrogens is 514 g/mol. The molecule has 3 aromatic heterocycles. The van der Waals surface area contributed by atoms with E-state index in [0.29, 0.717) is 53.5 Å². The second-order valence-electron chi connectivity index (χ2n) is 9.25. The first-order chi connectivity index (χ1) is 18.0. The number of imidazole rings is 1. The van der Waals surface area contributed by atoms with Gasteiger partial charge in [0.15, 0.2) is 15.7 Å². The minimum absolute atomic E-state index is 0.227. The van der Waals surface area contributed by atoms with Crippen LogP contribution in [0.1, 0.15) is 35.0 Å². The first-order valence-corrected chi connectivity index (χ1v) is 13.8. The number of halogens is 2. The fraction of sp³-hybridized carbons (Fsp3) is 0.308. The molecule has 0 aliphatic carbocycles. The van der Waals surface area contributed by atoms with Gasteiger partial charge in [-0.15, -0.1) is 5.10 Å². The van der Waals surface area contributed by atoms with Crippen LogP contribution < -0.4 is 4.74 Å². The Hall–Kier alpha value is -3.93. The summed E-state index contributed by atoms with van der Waals surface area (Å²) in [6.07, 6.45) is 5.57. The third-order valence-corrected chi connectivity index (χ3v) is 8.30. The summed E-state index contributed by atoms with van der Waals surface area (Å²) in [6, 6.07) is 9.18. The number of benzene rings is 1. The van der Waals surface area contributed by atoms with Crippen molar-refractivity contribution in [2.75, 3.05) is 13.4 Å². The number of pyridine rings is 1. The minimum atomic E-state index is -3.50. The Balaban J connectivity index is 1.57. The molecule has 1 aliphatic heterocycles. The van der Waals surface area contributed by atoms with Crippen molar-refractivity contribution in [1.82, 2.24) is 29.3 Å². The lowest BCUT2D eigenvalue weighted by atomic mass is 9.89. The number of rotatable bonds is 7. The largest absolute Gasteiger partial charge is 0.479 e. The van der Waals surface area contributed by atoms with Crippen molar-refractivity contribution < 1.29 is 21.9 Å². The van der Waals surface area contributed by atoms with E-state index in [1.54, 1.807) is 21.6 Å². The molecule has 0 bridgehead atoms. The Kier molecular flexibility index (Phi) is 6.38. The van der Waals surface area contributed by atoms with Crippen LogP contribution in [0.25, 0.3) is 17.2 Å². The van der Waals surface area contributed by atoms with Gasteiger partial charge in [-0.1, -0.05) is 30.8 Å². The van der Waals surface area contributed by atoms with Gasteiger partial charge in [-0.05, 0) is 37.1 Å². The van der Waals surface area contributed by atoms with Crippen LogP contribution in [0.15, 0.2) is 61.6 Å². The van der Waals surface area contributed by atoms with Gasteiger partial charge in [0.05, 0.1) is 30.3 Å². The van der Waals surface area contributed by atoms with E-state index in [2.05, 4.69) is 21.6 Å². The van der Waals surface area contributed by atoms with Crippen molar-refractivity contribution in [3.8, 4) is 23.1 Å². The lowest BCUT2D eigenvalue weighted by Gasteiger charge is -2.30. The normalized spacial score (nSPS) is 17.7. The van der Waals surface area contributed by atoms with Gasteiger partial charge >= 0.3 is 0 Å². The van der Waals surface area contributed by atoms with Crippen molar-refractivity contribution in [2.24, 2.45) is 0 Å². The Morgan fingerprint density at radius 3 is 2.50 bits per heavy atom. The maximum Gasteiger partial charge on any atom is 0.291 e. The fourth-order valence-electron chi connectivity index (χ4n) is 4.75. The zero-order valence-corrected chi connectivity index (χ0v) is 21.9. The van der Waals surface area contributed by atoms with Crippen molar-refractivity contribution >= 4 is 9.84 Å². The van der Waals surface area contributed by atoms with Gasteiger partial charge in [0.25, 0.3) is 5.92 Å². The summed E-state index contributed by atoms with van der Waals surface area (Å²) in [5.74, 6) is -2.81. The number of fused-ring (bicyclic) bond motifs is 1. The summed E-state index contributed by atoms with van der Waals surface area (Å²) in [5.41, 5.74) is 2.30. The number of hydrogen-bond donors (Lipinski definition) is 0. The van der Waals surface area contributed by atoms with E-state index in [1.165, 1.54) is 37.6 Å². The molecule has 5 rings (SSSR count). The number of alkyl halides is 2. The van der Waals surface area contributed by atoms with Gasteiger partial charge in [-0.3, -0.25) is 0 Å². The second-order valence-corrected chi connectivity index (χ2v) is 11.5. The highest BCUT2D eigenvalue weighted by Gasteiger charge is 2.40. The zero-order chi connectivity index (χ0) is 27.2. The third-order valence-electron chi connectivity index (χ3n) is 6.69. The average Bonchev–Trinajstić information content (AvgIpc) is 3.53. The SMILES string of the molecule is C=CC(F)(F)c1ccc([C@H]2c3nc(-c4ccc(-n5cnc(C)c5)c(OC)n4)nn3CCC2S(C)(=O)=O)cc1. The summed E-state index contributed by atoms with van der Waals surface area (Å²) >= 11 is 0. The van der Waals surface area contributed by atoms with E-state index in [4.69, 9.17) is 9.72 Å². The standard InChI is InChI=1S/C26H26F2N6O3S/c1-5-26(27,28)18-8-6-17(7-9-18)22-21(38(4,35)36)12-13-34-24(22)31-23(32-34)19-10-11-20(25(30-19)37-3)33-14-16(2)29-15-33/h5-11,14-15,21-22H,1,12-13H2,2-4H3/t21?,22-/m1/s1. The molecule has 38 heavy (non-hydrogen) atoms. The average molecular weight is 541 g/mol. The summed E-state index contributed by atoms with van der Waals surface area (Å²) in [4.78, 5) is 13.5. The Labute approximate surface area is 218 Å². The maximum absolute atomic E-state index is 14.1. The third kappa shape index (κ3) is 4.60. The first kappa shape index (κ1) is 25.7. The number of methoxy groups -OCH3 is 1. The van der Waals surface area contributed by atoms with Crippen LogP contribution >= 0.6 is 0 Å². The number of aryl methyl sites for hydroxylation is 2. The highest BCUT2D eigenvalue weighted by Crippen LogP contribution is 2.39. The summed E-state index contributed by atoms with van der Waals surface area (Å²) < 4.78 is 62.7. The van der Waals surface area contributed by atoms with Crippen molar-refractivity contribution in [3.05, 3.63) is 84.2 Å². The smallest absolute Gasteiger partial charge is 0.291 e. The number of ether oxygens (including phenoxy) is 1. The second kappa shape index (κ2) is 9.43. The van der Waals surface area contributed by atoms with E-state index in [9.17, 15) is 17.2 Å². The summed E-state index contributed by atoms with van der Waals surface area (Å²) in [7, 11) is -1.99. The lowest BCUT2D eigenvalue weighted by Crippen LogP contribution is -2.36. The molecule has 0 amide bonds. The van der Waals surface area contributed by atoms with Gasteiger partial charge in [0, 0.05) is 24.6 Å². The Morgan fingerprint density at radius 1 is 1.16 bits per heavy atom. The predicted molar refractivity (Wildman–Crippen MR) is 137 cm³/mol. The van der Waals surface area contributed by atoms with Crippen molar-refractivity contribution in [2.45, 2.75) is 37.0 Å². The molecule has 198 valence electrons. The topological polar surface area (TPSA) is 105 Å². The van der Waals surface area contributed by atoms with E-state index in [-0.39, 0.29) is 5.56 Å². The number of nitrogens with zero attached hydrogens (tertiary/aromatic N) is 6. The van der Waals surface area contributed by atoms with Crippen LogP contribution in [-0.4, -0.2) is 56.3 Å². The molecule has 0 fully saturated rings. The molecule has 1 aliphatic rings. The van der Waals surface area contributed by atoms with Gasteiger partial charge in [-0.2, -0.15) is 8.78 Å². The van der Waals surface area contributed by atoms with Crippen LogP contribution in [0, 0.1) is 6.92 Å². The molecular formula is C26H26F2N6O3S. The number of hydrogen-bond acceptors (Lipinski definition) is 7. The molecule has 0 saturated carbocycles. The Morgan fingerprint density at radius 2 is 1.89 bits per heavy atom. The molecule has 1 unspecified atom stereocenters. The lowest BCUT2D eigenvalue weighted by molar-refractivity contribution is 0.0525. The fourth-order valence-corrected chi connectivity index (χ4v) is 6.06. The van der Waals surface area contributed by atoms with Crippen LogP contribution in [0.5, 0.6) is 5.88 Å². The summed E-state index contributed by atoms with van der Waals surface area (Å²) in [6.45, 7) is 5.41. The van der Waals surface area contributed by atoms with Gasteiger partial charge in [0.2, 0.25) is 5.88 Å². The van der Waals surface area contributed by atoms with Crippen LogP contribution in [0.2, 0.25) is 0 Å². The predicted octanol–water partition coefficient (Wildman–Crippen LogP) is 4.07. The molecule has 1 aromatic carbocycles. The Bertz CT molecular complexity index is 1610. The molecule has 4 heterocycles. The molecule has 12 heteroatoms. The molecule has 4 aromatic rings. The van der Waals surface area contributed by atoms with Gasteiger partial charge in [0.1, 0.15) is 17.2 Å². The molecule has 0 saturated heterocycles. The molecule has 9 nitrogen and oxygen atoms in total. The maximum atomic E-state index is 14.1. The highest BCUT2D eigenvalue weighted by atomic mass is 32.2. The monoisotopic (exact) mass is 540 g/mol. The molecule has 2 atom stereocenters. The van der Waals surface area contributed by atoms with Crippen molar-refractivity contribution in [3.63, 3.8) is 0 Å². The highest BCUT2D eigenvalue weighted by molar-refractivity contribution is 7.91. The zero-order valence-electron chi connectivity index (χ0n) is 21.0. The van der Waals surface area contributed by atoms with E-state index in [1.807, 2.05) is 19.2 Å². The van der Waals surface area contributed by atoms with Gasteiger partial charge in [-0.25, -0.2) is 28.1 Å². The van der Waals surface area contributed by atoms with Crippen LogP contribution in [-0.2, 0) is 22.3 Å². The minimum Gasteiger partial charge on any atom is -0.479 e. The molecule has 0 spiro atoms. The van der Waals surface area contributed by atoms with Crippen LogP contribution in [0.4, 0.5) is 8.78 Å². The first-order valence-electron chi connectivity index (χ1n) is 11.8. The van der Waals surface area contributed by atoms with Crippen molar-refractivity contribution in [1.29, 1.82) is 0 Å². The van der Waals surface area contributed by atoms with E-state index >= 15 is 0 Å². The summed E-state index contributed by atoms with van der Waals surface area (Å²) in [5, 5.41) is 3.82. The van der Waals surface area contributed by atoms with E-state index in [0.717, 1.165) is 5.69 Å². The van der Waals surface area contributed by atoms with Gasteiger partial charge < -0.3 is 9.30 Å².